The lowest BCUT2D eigenvalue weighted by molar-refractivity contribution is -0.0716. The summed E-state index contributed by atoms with van der Waals surface area (Å²) in [6.45, 7) is 2.51. The minimum atomic E-state index is -3.16. The number of amides is 1. The molecular formula is C25H24F3N3O3. The molecule has 1 saturated heterocycles. The van der Waals surface area contributed by atoms with Gasteiger partial charge in [-0.3, -0.25) is 9.78 Å². The summed E-state index contributed by atoms with van der Waals surface area (Å²) in [6.07, 6.45) is 2.80. The summed E-state index contributed by atoms with van der Waals surface area (Å²) in [5.74, 6) is -3.36. The molecule has 3 heterocycles. The van der Waals surface area contributed by atoms with E-state index in [1.165, 1.54) is 19.4 Å². The van der Waals surface area contributed by atoms with E-state index < -0.39 is 29.6 Å². The number of anilines is 1. The topological polar surface area (TPSA) is 73.3 Å². The first-order valence-electron chi connectivity index (χ1n) is 10.6. The maximum absolute atomic E-state index is 13.9. The van der Waals surface area contributed by atoms with Crippen LogP contribution in [0.1, 0.15) is 34.1 Å². The summed E-state index contributed by atoms with van der Waals surface area (Å²) in [5, 5.41) is 2.74. The van der Waals surface area contributed by atoms with Crippen LogP contribution in [0.5, 0.6) is 5.88 Å². The predicted molar refractivity (Wildman–Crippen MR) is 121 cm³/mol. The molecule has 6 nitrogen and oxygen atoms in total. The van der Waals surface area contributed by atoms with Gasteiger partial charge in [0.2, 0.25) is 5.88 Å². The number of halogens is 3. The third kappa shape index (κ3) is 4.48. The van der Waals surface area contributed by atoms with E-state index in [2.05, 4.69) is 15.3 Å². The molecule has 0 bridgehead atoms. The number of aryl methyl sites for hydroxylation is 1. The van der Waals surface area contributed by atoms with Gasteiger partial charge in [0.05, 0.1) is 25.7 Å². The van der Waals surface area contributed by atoms with E-state index in [0.29, 0.717) is 17.1 Å². The maximum Gasteiger partial charge on any atom is 0.286 e. The fraction of sp³-hybridized carbons (Fsp3) is 0.320. The van der Waals surface area contributed by atoms with Gasteiger partial charge < -0.3 is 14.8 Å². The highest BCUT2D eigenvalue weighted by atomic mass is 19.3. The van der Waals surface area contributed by atoms with Crippen molar-refractivity contribution in [3.8, 4) is 17.0 Å². The Bertz CT molecular complexity index is 1220. The van der Waals surface area contributed by atoms with Crippen LogP contribution in [-0.2, 0) is 16.1 Å². The fourth-order valence-electron chi connectivity index (χ4n) is 3.82. The van der Waals surface area contributed by atoms with Gasteiger partial charge in [-0.15, -0.1) is 0 Å². The molecule has 34 heavy (non-hydrogen) atoms. The highest BCUT2D eigenvalue weighted by molar-refractivity contribution is 6.04. The Balaban J connectivity index is 1.65. The molecule has 1 aromatic carbocycles. The molecule has 0 unspecified atom stereocenters. The van der Waals surface area contributed by atoms with Crippen LogP contribution < -0.4 is 10.1 Å². The molecular weight excluding hydrogens is 447 g/mol. The lowest BCUT2D eigenvalue weighted by Crippen LogP contribution is -2.49. The van der Waals surface area contributed by atoms with Crippen LogP contribution in [0.25, 0.3) is 11.1 Å². The van der Waals surface area contributed by atoms with E-state index in [4.69, 9.17) is 9.47 Å². The van der Waals surface area contributed by atoms with E-state index in [1.807, 2.05) is 19.1 Å². The van der Waals surface area contributed by atoms with Crippen LogP contribution in [0.3, 0.4) is 0 Å². The van der Waals surface area contributed by atoms with Crippen LogP contribution in [0.4, 0.5) is 18.9 Å². The van der Waals surface area contributed by atoms with Gasteiger partial charge in [-0.05, 0) is 48.4 Å². The average molecular weight is 471 g/mol. The zero-order valence-corrected chi connectivity index (χ0v) is 19.0. The first-order valence-corrected chi connectivity index (χ1v) is 10.6. The van der Waals surface area contributed by atoms with E-state index in [9.17, 15) is 18.0 Å². The van der Waals surface area contributed by atoms with Gasteiger partial charge in [-0.25, -0.2) is 9.37 Å². The van der Waals surface area contributed by atoms with Crippen LogP contribution >= 0.6 is 0 Å². The predicted octanol–water partition coefficient (Wildman–Crippen LogP) is 5.06. The molecule has 1 amide bonds. The number of nitrogens with zero attached hydrogens (tertiary/aromatic N) is 2. The van der Waals surface area contributed by atoms with E-state index >= 15 is 0 Å². The van der Waals surface area contributed by atoms with Crippen LogP contribution in [-0.4, -0.2) is 42.9 Å². The average Bonchev–Trinajstić information content (AvgIpc) is 2.79. The smallest absolute Gasteiger partial charge is 0.286 e. The summed E-state index contributed by atoms with van der Waals surface area (Å²) in [4.78, 5) is 20.7. The number of rotatable bonds is 7. The van der Waals surface area contributed by atoms with Crippen molar-refractivity contribution < 1.29 is 27.4 Å². The van der Waals surface area contributed by atoms with Gasteiger partial charge in [-0.1, -0.05) is 6.07 Å². The number of aromatic nitrogens is 2. The van der Waals surface area contributed by atoms with Gasteiger partial charge in [0.1, 0.15) is 12.4 Å². The summed E-state index contributed by atoms with van der Waals surface area (Å²) < 4.78 is 51.7. The number of nitrogens with one attached hydrogen (secondary N) is 1. The highest BCUT2D eigenvalue weighted by Gasteiger charge is 2.43. The molecule has 1 N–H and O–H groups in total. The molecule has 178 valence electrons. The molecule has 9 heteroatoms. The van der Waals surface area contributed by atoms with Crippen molar-refractivity contribution in [2.75, 3.05) is 32.3 Å². The molecule has 1 aliphatic heterocycles. The molecule has 4 rings (SSSR count). The molecule has 1 fully saturated rings. The number of hydrogen-bond acceptors (Lipinski definition) is 5. The van der Waals surface area contributed by atoms with Crippen molar-refractivity contribution in [2.45, 2.75) is 25.2 Å². The third-order valence-corrected chi connectivity index (χ3v) is 5.91. The molecule has 0 aliphatic carbocycles. The van der Waals surface area contributed by atoms with Gasteiger partial charge in [-0.2, -0.15) is 8.78 Å². The summed E-state index contributed by atoms with van der Waals surface area (Å²) in [7, 11) is 1.48. The number of carbonyl (C=O) groups excluding carboxylic acids is 1. The lowest BCUT2D eigenvalue weighted by Gasteiger charge is -2.39. The minimum Gasteiger partial charge on any atom is -0.481 e. The first kappa shape index (κ1) is 23.7. The third-order valence-electron chi connectivity index (χ3n) is 5.91. The molecule has 3 aromatic rings. The Morgan fingerprint density at radius 1 is 1.21 bits per heavy atom. The Morgan fingerprint density at radius 3 is 2.59 bits per heavy atom. The van der Waals surface area contributed by atoms with Gasteiger partial charge in [0.25, 0.3) is 11.8 Å². The number of pyridine rings is 2. The van der Waals surface area contributed by atoms with Gasteiger partial charge in [0.15, 0.2) is 0 Å². The SMILES string of the molecule is COc1ncc(-c2cc(NC(=O)c3ccnc(C(C)(F)F)c3)ccc2C)cc1C1(CF)COC1. The zero-order valence-electron chi connectivity index (χ0n) is 19.0. The highest BCUT2D eigenvalue weighted by Crippen LogP contribution is 2.40. The van der Waals surface area contributed by atoms with Gasteiger partial charge in [0, 0.05) is 41.7 Å². The Hall–Kier alpha value is -3.46. The first-order chi connectivity index (χ1) is 16.2. The van der Waals surface area contributed by atoms with Gasteiger partial charge >= 0.3 is 0 Å². The molecule has 0 radical (unpaired) electrons. The Morgan fingerprint density at radius 2 is 1.97 bits per heavy atom. The van der Waals surface area contributed by atoms with Crippen molar-refractivity contribution in [3.05, 3.63) is 71.2 Å². The van der Waals surface area contributed by atoms with Crippen molar-refractivity contribution in [1.82, 2.24) is 9.97 Å². The summed E-state index contributed by atoms with van der Waals surface area (Å²) in [5.41, 5.74) is 2.29. The van der Waals surface area contributed by atoms with E-state index in [1.54, 1.807) is 18.3 Å². The van der Waals surface area contributed by atoms with Crippen molar-refractivity contribution in [3.63, 3.8) is 0 Å². The number of ether oxygens (including phenoxy) is 2. The minimum absolute atomic E-state index is 0.0666. The van der Waals surface area contributed by atoms with E-state index in [0.717, 1.165) is 29.7 Å². The molecule has 1 aliphatic rings. The molecule has 0 spiro atoms. The molecule has 0 atom stereocenters. The van der Waals surface area contributed by atoms with E-state index in [-0.39, 0.29) is 18.8 Å². The van der Waals surface area contributed by atoms with Crippen LogP contribution in [0, 0.1) is 6.92 Å². The largest absolute Gasteiger partial charge is 0.481 e. The lowest BCUT2D eigenvalue weighted by atomic mass is 9.79. The fourth-order valence-corrected chi connectivity index (χ4v) is 3.82. The van der Waals surface area contributed by atoms with Crippen molar-refractivity contribution >= 4 is 11.6 Å². The number of benzene rings is 1. The normalized spacial score (nSPS) is 14.9. The number of hydrogen-bond donors (Lipinski definition) is 1. The second-order valence-electron chi connectivity index (χ2n) is 8.49. The summed E-state index contributed by atoms with van der Waals surface area (Å²) >= 11 is 0. The Kier molecular flexibility index (Phi) is 6.31. The standard InChI is InChI=1S/C25H24F3N3O3/c1-15-4-5-18(31-22(32)16-6-7-29-21(9-16)24(2,27)28)10-19(15)17-8-20(23(33-3)30-11-17)25(12-26)13-34-14-25/h4-11H,12-14H2,1-3H3,(H,31,32). The Labute approximate surface area is 195 Å². The maximum atomic E-state index is 13.9. The van der Waals surface area contributed by atoms with Crippen LogP contribution in [0.2, 0.25) is 0 Å². The monoisotopic (exact) mass is 471 g/mol. The quantitative estimate of drug-likeness (QED) is 0.521. The van der Waals surface area contributed by atoms with Crippen LogP contribution in [0.15, 0.2) is 48.8 Å². The second-order valence-corrected chi connectivity index (χ2v) is 8.49. The number of methoxy groups -OCH3 is 1. The number of carbonyl (C=O) groups is 1. The molecule has 0 saturated carbocycles. The van der Waals surface area contributed by atoms with Crippen molar-refractivity contribution in [1.29, 1.82) is 0 Å². The molecule has 2 aromatic heterocycles. The summed E-state index contributed by atoms with van der Waals surface area (Å²) in [6, 6.07) is 9.58. The zero-order chi connectivity index (χ0) is 24.5. The second kappa shape index (κ2) is 9.06. The number of alkyl halides is 3. The van der Waals surface area contributed by atoms with Crippen molar-refractivity contribution in [2.24, 2.45) is 0 Å².